The van der Waals surface area contributed by atoms with Crippen molar-refractivity contribution in [1.82, 2.24) is 5.32 Å². The number of carbonyl (C=O) groups is 3. The fourth-order valence-corrected chi connectivity index (χ4v) is 2.73. The number of halogens is 1. The molecule has 0 saturated heterocycles. The van der Waals surface area contributed by atoms with Crippen molar-refractivity contribution in [3.05, 3.63) is 40.9 Å². The van der Waals surface area contributed by atoms with Gasteiger partial charge in [0.1, 0.15) is 0 Å². The second kappa shape index (κ2) is 7.28. The minimum absolute atomic E-state index is 0.264. The van der Waals surface area contributed by atoms with Crippen molar-refractivity contribution in [3.8, 4) is 0 Å². The lowest BCUT2D eigenvalue weighted by Crippen LogP contribution is -2.35. The molecule has 2 rings (SSSR count). The lowest BCUT2D eigenvalue weighted by atomic mass is 9.82. The smallest absolute Gasteiger partial charge is 0.307 e. The molecule has 0 heterocycles. The van der Waals surface area contributed by atoms with E-state index in [0.717, 1.165) is 0 Å². The number of carboxylic acid groups (broad SMARTS) is 1. The van der Waals surface area contributed by atoms with Crippen LogP contribution in [0, 0.1) is 11.8 Å². The highest BCUT2D eigenvalue weighted by molar-refractivity contribution is 6.31. The van der Waals surface area contributed by atoms with E-state index in [4.69, 9.17) is 11.6 Å². The van der Waals surface area contributed by atoms with Crippen molar-refractivity contribution in [2.24, 2.45) is 11.8 Å². The van der Waals surface area contributed by atoms with Gasteiger partial charge in [-0.15, -0.1) is 0 Å². The van der Waals surface area contributed by atoms with E-state index >= 15 is 0 Å². The molecule has 6 nitrogen and oxygen atoms in total. The molecule has 1 aliphatic rings. The Bertz CT molecular complexity index is 672. The zero-order chi connectivity index (χ0) is 17.0. The Kier molecular flexibility index (Phi) is 5.39. The number of aliphatic carboxylic acids is 1. The molecule has 0 bridgehead atoms. The maximum atomic E-state index is 12.5. The highest BCUT2D eigenvalue weighted by atomic mass is 35.5. The van der Waals surface area contributed by atoms with Crippen molar-refractivity contribution in [3.63, 3.8) is 0 Å². The van der Waals surface area contributed by atoms with Gasteiger partial charge in [-0.3, -0.25) is 14.4 Å². The first-order valence-corrected chi connectivity index (χ1v) is 7.52. The Morgan fingerprint density at radius 3 is 2.43 bits per heavy atom. The van der Waals surface area contributed by atoms with Gasteiger partial charge in [0, 0.05) is 12.1 Å². The molecule has 0 unspecified atom stereocenters. The first-order chi connectivity index (χ1) is 10.9. The van der Waals surface area contributed by atoms with Gasteiger partial charge in [-0.25, -0.2) is 0 Å². The zero-order valence-electron chi connectivity index (χ0n) is 12.5. The molecular weight excluding hydrogens is 320 g/mol. The van der Waals surface area contributed by atoms with Gasteiger partial charge in [0.2, 0.25) is 5.91 Å². The summed E-state index contributed by atoms with van der Waals surface area (Å²) < 4.78 is 0. The Balaban J connectivity index is 2.26. The maximum Gasteiger partial charge on any atom is 0.307 e. The lowest BCUT2D eigenvalue weighted by Gasteiger charge is -2.24. The van der Waals surface area contributed by atoms with Crippen molar-refractivity contribution < 1.29 is 19.5 Å². The van der Waals surface area contributed by atoms with E-state index < -0.39 is 23.7 Å². The van der Waals surface area contributed by atoms with E-state index in [0.29, 0.717) is 17.9 Å². The van der Waals surface area contributed by atoms with Gasteiger partial charge in [0.25, 0.3) is 5.91 Å². The summed E-state index contributed by atoms with van der Waals surface area (Å²) in [6.45, 7) is 0. The van der Waals surface area contributed by atoms with E-state index in [9.17, 15) is 19.5 Å². The van der Waals surface area contributed by atoms with E-state index in [-0.39, 0.29) is 17.2 Å². The molecule has 3 N–H and O–H groups in total. The number of hydrogen-bond acceptors (Lipinski definition) is 3. The van der Waals surface area contributed by atoms with Crippen LogP contribution in [0.25, 0.3) is 0 Å². The van der Waals surface area contributed by atoms with E-state index in [1.807, 2.05) is 0 Å². The zero-order valence-corrected chi connectivity index (χ0v) is 13.3. The molecular formula is C16H17ClN2O4. The molecule has 122 valence electrons. The summed E-state index contributed by atoms with van der Waals surface area (Å²) >= 11 is 5.92. The van der Waals surface area contributed by atoms with Gasteiger partial charge in [-0.2, -0.15) is 0 Å². The third kappa shape index (κ3) is 3.90. The first-order valence-electron chi connectivity index (χ1n) is 7.14. The minimum Gasteiger partial charge on any atom is -0.481 e. The van der Waals surface area contributed by atoms with Crippen molar-refractivity contribution in [2.75, 3.05) is 12.4 Å². The van der Waals surface area contributed by atoms with Gasteiger partial charge in [0.15, 0.2) is 0 Å². The Morgan fingerprint density at radius 1 is 1.17 bits per heavy atom. The molecule has 0 saturated carbocycles. The third-order valence-electron chi connectivity index (χ3n) is 3.80. The number of allylic oxidation sites excluding steroid dienone is 2. The van der Waals surface area contributed by atoms with Crippen molar-refractivity contribution >= 4 is 35.1 Å². The number of carbonyl (C=O) groups excluding carboxylic acids is 2. The molecule has 1 aromatic carbocycles. The van der Waals surface area contributed by atoms with E-state index in [1.54, 1.807) is 18.2 Å². The average molecular weight is 337 g/mol. The third-order valence-corrected chi connectivity index (χ3v) is 4.03. The summed E-state index contributed by atoms with van der Waals surface area (Å²) in [6, 6.07) is 4.52. The summed E-state index contributed by atoms with van der Waals surface area (Å²) in [4.78, 5) is 35.6. The summed E-state index contributed by atoms with van der Waals surface area (Å²) in [5, 5.41) is 14.7. The number of amides is 2. The molecule has 1 aliphatic carbocycles. The number of anilines is 1. The van der Waals surface area contributed by atoms with Gasteiger partial charge in [-0.1, -0.05) is 23.8 Å². The van der Waals surface area contributed by atoms with Crippen LogP contribution >= 0.6 is 11.6 Å². The van der Waals surface area contributed by atoms with Gasteiger partial charge < -0.3 is 15.7 Å². The van der Waals surface area contributed by atoms with Crippen LogP contribution in [-0.4, -0.2) is 29.9 Å². The van der Waals surface area contributed by atoms with Crippen LogP contribution in [0.4, 0.5) is 5.69 Å². The molecule has 0 radical (unpaired) electrons. The molecule has 0 spiro atoms. The van der Waals surface area contributed by atoms with Crippen molar-refractivity contribution in [1.29, 1.82) is 0 Å². The SMILES string of the molecule is CNC(=O)c1ccc(Cl)cc1NC(=O)[C@H]1CC=CC[C@H]1C(=O)O. The topological polar surface area (TPSA) is 95.5 Å². The van der Waals surface area contributed by atoms with Crippen LogP contribution in [0.2, 0.25) is 5.02 Å². The molecule has 2 atom stereocenters. The second-order valence-electron chi connectivity index (χ2n) is 5.25. The number of benzene rings is 1. The first kappa shape index (κ1) is 17.0. The fraction of sp³-hybridized carbons (Fsp3) is 0.312. The molecule has 2 amide bonds. The number of rotatable bonds is 4. The van der Waals surface area contributed by atoms with E-state index in [2.05, 4.69) is 10.6 Å². The number of carboxylic acids is 1. The van der Waals surface area contributed by atoms with Gasteiger partial charge >= 0.3 is 5.97 Å². The second-order valence-corrected chi connectivity index (χ2v) is 5.69. The molecule has 0 aliphatic heterocycles. The highest BCUT2D eigenvalue weighted by Crippen LogP contribution is 2.28. The van der Waals surface area contributed by atoms with Gasteiger partial charge in [-0.05, 0) is 31.0 Å². The fourth-order valence-electron chi connectivity index (χ4n) is 2.55. The van der Waals surface area contributed by atoms with Crippen LogP contribution in [0.1, 0.15) is 23.2 Å². The van der Waals surface area contributed by atoms with Crippen LogP contribution in [0.3, 0.4) is 0 Å². The monoisotopic (exact) mass is 336 g/mol. The summed E-state index contributed by atoms with van der Waals surface area (Å²) in [5.41, 5.74) is 0.531. The highest BCUT2D eigenvalue weighted by Gasteiger charge is 2.34. The Hall–Kier alpha value is -2.34. The number of hydrogen-bond donors (Lipinski definition) is 3. The van der Waals surface area contributed by atoms with Crippen LogP contribution < -0.4 is 10.6 Å². The average Bonchev–Trinajstić information content (AvgIpc) is 2.54. The number of nitrogens with one attached hydrogen (secondary N) is 2. The van der Waals surface area contributed by atoms with E-state index in [1.165, 1.54) is 19.2 Å². The Labute approximate surface area is 138 Å². The lowest BCUT2D eigenvalue weighted by molar-refractivity contribution is -0.146. The Morgan fingerprint density at radius 2 is 1.83 bits per heavy atom. The largest absolute Gasteiger partial charge is 0.481 e. The van der Waals surface area contributed by atoms with Crippen LogP contribution in [0.15, 0.2) is 30.4 Å². The molecule has 23 heavy (non-hydrogen) atoms. The predicted octanol–water partition coefficient (Wildman–Crippen LogP) is 2.31. The molecule has 0 aromatic heterocycles. The molecule has 1 aromatic rings. The quantitative estimate of drug-likeness (QED) is 0.735. The standard InChI is InChI=1S/C16H17ClN2O4/c1-18-14(20)12-7-6-9(17)8-13(12)19-15(21)10-4-2-3-5-11(10)16(22)23/h2-3,6-8,10-11H,4-5H2,1H3,(H,18,20)(H,19,21)(H,22,23)/t10-,11+/m0/s1. The summed E-state index contributed by atoms with van der Waals surface area (Å²) in [5.74, 6) is -3.27. The van der Waals surface area contributed by atoms with Crippen LogP contribution in [-0.2, 0) is 9.59 Å². The predicted molar refractivity (Wildman–Crippen MR) is 86.5 cm³/mol. The van der Waals surface area contributed by atoms with Crippen molar-refractivity contribution in [2.45, 2.75) is 12.8 Å². The normalized spacial score (nSPS) is 19.9. The van der Waals surface area contributed by atoms with Gasteiger partial charge in [0.05, 0.1) is 23.1 Å². The molecule has 0 fully saturated rings. The summed E-state index contributed by atoms with van der Waals surface area (Å²) in [7, 11) is 1.48. The summed E-state index contributed by atoms with van der Waals surface area (Å²) in [6.07, 6.45) is 4.21. The maximum absolute atomic E-state index is 12.5. The molecule has 7 heteroatoms. The van der Waals surface area contributed by atoms with Crippen LogP contribution in [0.5, 0.6) is 0 Å². The minimum atomic E-state index is -1.01.